The van der Waals surface area contributed by atoms with Crippen molar-refractivity contribution >= 4 is 15.9 Å². The number of nitrogens with zero attached hydrogens (tertiary/aromatic N) is 2. The van der Waals surface area contributed by atoms with Gasteiger partial charge in [-0.2, -0.15) is 0 Å². The van der Waals surface area contributed by atoms with Gasteiger partial charge in [-0.05, 0) is 18.6 Å². The molecular weight excluding hydrogens is 312 g/mol. The van der Waals surface area contributed by atoms with Crippen LogP contribution in [0.3, 0.4) is 0 Å². The lowest BCUT2D eigenvalue weighted by molar-refractivity contribution is 0.172. The molecule has 1 aliphatic rings. The number of rotatable bonds is 3. The summed E-state index contributed by atoms with van der Waals surface area (Å²) in [5.74, 6) is 2.42. The normalized spacial score (nSPS) is 15.3. The van der Waals surface area contributed by atoms with E-state index >= 15 is 0 Å². The number of alkyl halides is 1. The predicted molar refractivity (Wildman–Crippen MR) is 72.7 cm³/mol. The molecule has 3 rings (SSSR count). The van der Waals surface area contributed by atoms with Crippen LogP contribution in [0, 0.1) is 0 Å². The zero-order valence-corrected chi connectivity index (χ0v) is 12.0. The second kappa shape index (κ2) is 5.21. The third-order valence-electron chi connectivity index (χ3n) is 2.86. The second-order valence-electron chi connectivity index (χ2n) is 4.15. The summed E-state index contributed by atoms with van der Waals surface area (Å²) in [4.78, 5) is 0.0745. The molecule has 0 radical (unpaired) electrons. The highest BCUT2D eigenvalue weighted by atomic mass is 79.9. The molecule has 0 saturated heterocycles. The summed E-state index contributed by atoms with van der Waals surface area (Å²) in [6.45, 7) is 3.14. The van der Waals surface area contributed by atoms with Gasteiger partial charge in [-0.3, -0.25) is 0 Å². The van der Waals surface area contributed by atoms with Gasteiger partial charge in [0, 0.05) is 0 Å². The quantitative estimate of drug-likeness (QED) is 0.810. The summed E-state index contributed by atoms with van der Waals surface area (Å²) in [6.07, 6.45) is 0.883. The van der Waals surface area contributed by atoms with Crippen LogP contribution in [0.25, 0.3) is 11.5 Å². The van der Waals surface area contributed by atoms with E-state index in [4.69, 9.17) is 13.9 Å². The van der Waals surface area contributed by atoms with Gasteiger partial charge in [0.2, 0.25) is 5.89 Å². The Bertz CT molecular complexity index is 585. The molecule has 0 bridgehead atoms. The Hall–Kier alpha value is -1.56. The minimum Gasteiger partial charge on any atom is -0.486 e. The number of hydrogen-bond donors (Lipinski definition) is 0. The molecule has 19 heavy (non-hydrogen) atoms. The van der Waals surface area contributed by atoms with Crippen LogP contribution in [-0.4, -0.2) is 23.4 Å². The number of benzene rings is 1. The number of fused-ring (bicyclic) bond motifs is 1. The summed E-state index contributed by atoms with van der Waals surface area (Å²) in [5, 5.41) is 8.13. The van der Waals surface area contributed by atoms with Gasteiger partial charge in [0.25, 0.3) is 5.89 Å². The number of aromatic nitrogens is 2. The Balaban J connectivity index is 2.00. The van der Waals surface area contributed by atoms with Crippen molar-refractivity contribution in [3.63, 3.8) is 0 Å². The second-order valence-corrected chi connectivity index (χ2v) is 5.26. The molecule has 0 saturated carbocycles. The average Bonchev–Trinajstić information content (AvgIpc) is 2.95. The highest BCUT2D eigenvalue weighted by molar-refractivity contribution is 9.09. The van der Waals surface area contributed by atoms with Crippen molar-refractivity contribution in [2.45, 2.75) is 18.2 Å². The Kier molecular flexibility index (Phi) is 3.42. The van der Waals surface area contributed by atoms with Gasteiger partial charge in [-0.1, -0.05) is 28.9 Å². The van der Waals surface area contributed by atoms with E-state index in [1.54, 1.807) is 0 Å². The first-order chi connectivity index (χ1) is 9.29. The zero-order valence-electron chi connectivity index (χ0n) is 10.4. The van der Waals surface area contributed by atoms with Crippen molar-refractivity contribution in [1.29, 1.82) is 0 Å². The van der Waals surface area contributed by atoms with E-state index < -0.39 is 0 Å². The number of hydrogen-bond acceptors (Lipinski definition) is 5. The molecule has 2 aromatic rings. The molecule has 5 nitrogen and oxygen atoms in total. The monoisotopic (exact) mass is 324 g/mol. The molecule has 1 aliphatic heterocycles. The van der Waals surface area contributed by atoms with Crippen molar-refractivity contribution in [2.24, 2.45) is 0 Å². The van der Waals surface area contributed by atoms with Crippen LogP contribution in [0.15, 0.2) is 22.6 Å². The topological polar surface area (TPSA) is 57.4 Å². The molecule has 1 aromatic heterocycles. The van der Waals surface area contributed by atoms with Crippen LogP contribution in [0.2, 0.25) is 0 Å². The minimum atomic E-state index is 0.0745. The average molecular weight is 325 g/mol. The van der Waals surface area contributed by atoms with E-state index in [2.05, 4.69) is 26.1 Å². The zero-order chi connectivity index (χ0) is 13.2. The maximum Gasteiger partial charge on any atom is 0.251 e. The maximum atomic E-state index is 5.68. The summed E-state index contributed by atoms with van der Waals surface area (Å²) < 4.78 is 16.9. The SMILES string of the molecule is CCC(Br)c1nnc(-c2cccc3c2OCCO3)o1. The highest BCUT2D eigenvalue weighted by Crippen LogP contribution is 2.39. The fourth-order valence-electron chi connectivity index (χ4n) is 1.89. The van der Waals surface area contributed by atoms with Crippen molar-refractivity contribution in [2.75, 3.05) is 13.2 Å². The highest BCUT2D eigenvalue weighted by Gasteiger charge is 2.21. The molecule has 1 aromatic carbocycles. The van der Waals surface area contributed by atoms with E-state index in [1.807, 2.05) is 25.1 Å². The molecule has 1 atom stereocenters. The summed E-state index contributed by atoms with van der Waals surface area (Å²) >= 11 is 3.49. The molecule has 0 amide bonds. The largest absolute Gasteiger partial charge is 0.486 e. The fourth-order valence-corrected chi connectivity index (χ4v) is 2.07. The first-order valence-electron chi connectivity index (χ1n) is 6.16. The van der Waals surface area contributed by atoms with Crippen LogP contribution >= 0.6 is 15.9 Å². The standard InChI is InChI=1S/C13H13BrN2O3/c1-2-9(14)13-16-15-12(19-13)8-4-3-5-10-11(8)18-7-6-17-10/h3-5,9H,2,6-7H2,1H3. The predicted octanol–water partition coefficient (Wildman–Crippen LogP) is 3.35. The lowest BCUT2D eigenvalue weighted by Gasteiger charge is -2.19. The molecule has 100 valence electrons. The summed E-state index contributed by atoms with van der Waals surface area (Å²) in [5.41, 5.74) is 0.770. The van der Waals surface area contributed by atoms with E-state index in [0.29, 0.717) is 30.7 Å². The first-order valence-corrected chi connectivity index (χ1v) is 7.07. The van der Waals surface area contributed by atoms with Crippen molar-refractivity contribution in [3.05, 3.63) is 24.1 Å². The van der Waals surface area contributed by atoms with Crippen LogP contribution in [-0.2, 0) is 0 Å². The van der Waals surface area contributed by atoms with Gasteiger partial charge in [-0.25, -0.2) is 0 Å². The molecule has 6 heteroatoms. The van der Waals surface area contributed by atoms with Crippen molar-refractivity contribution in [1.82, 2.24) is 10.2 Å². The Labute approximate surface area is 119 Å². The molecular formula is C13H13BrN2O3. The van der Waals surface area contributed by atoms with Crippen molar-refractivity contribution in [3.8, 4) is 23.0 Å². The lowest BCUT2D eigenvalue weighted by Crippen LogP contribution is -2.15. The van der Waals surface area contributed by atoms with E-state index in [-0.39, 0.29) is 4.83 Å². The molecule has 2 heterocycles. The Morgan fingerprint density at radius 1 is 1.26 bits per heavy atom. The van der Waals surface area contributed by atoms with Crippen LogP contribution < -0.4 is 9.47 Å². The lowest BCUT2D eigenvalue weighted by atomic mass is 10.2. The van der Waals surface area contributed by atoms with Crippen LogP contribution in [0.4, 0.5) is 0 Å². The van der Waals surface area contributed by atoms with Gasteiger partial charge >= 0.3 is 0 Å². The minimum absolute atomic E-state index is 0.0745. The van der Waals surface area contributed by atoms with Gasteiger partial charge in [-0.15, -0.1) is 10.2 Å². The Morgan fingerprint density at radius 2 is 2.11 bits per heavy atom. The van der Waals surface area contributed by atoms with Gasteiger partial charge < -0.3 is 13.9 Å². The van der Waals surface area contributed by atoms with Gasteiger partial charge in [0.1, 0.15) is 13.2 Å². The Morgan fingerprint density at radius 3 is 2.95 bits per heavy atom. The number of ether oxygens (including phenoxy) is 2. The molecule has 0 spiro atoms. The maximum absolute atomic E-state index is 5.68. The fraction of sp³-hybridized carbons (Fsp3) is 0.385. The van der Waals surface area contributed by atoms with Gasteiger partial charge in [0.15, 0.2) is 11.5 Å². The van der Waals surface area contributed by atoms with Crippen LogP contribution in [0.5, 0.6) is 11.5 Å². The van der Waals surface area contributed by atoms with E-state index in [9.17, 15) is 0 Å². The summed E-state index contributed by atoms with van der Waals surface area (Å²) in [7, 11) is 0. The molecule has 0 fully saturated rings. The smallest absolute Gasteiger partial charge is 0.251 e. The van der Waals surface area contributed by atoms with E-state index in [1.165, 1.54) is 0 Å². The van der Waals surface area contributed by atoms with Crippen molar-refractivity contribution < 1.29 is 13.9 Å². The number of para-hydroxylation sites is 1. The van der Waals surface area contributed by atoms with Gasteiger partial charge in [0.05, 0.1) is 10.4 Å². The molecule has 1 unspecified atom stereocenters. The molecule has 0 aliphatic carbocycles. The third kappa shape index (κ3) is 2.32. The molecule has 0 N–H and O–H groups in total. The summed E-state index contributed by atoms with van der Waals surface area (Å²) in [6, 6.07) is 5.65. The van der Waals surface area contributed by atoms with E-state index in [0.717, 1.165) is 17.7 Å². The number of halogens is 1. The first kappa shape index (κ1) is 12.5. The van der Waals surface area contributed by atoms with Crippen LogP contribution in [0.1, 0.15) is 24.1 Å². The third-order valence-corrected chi connectivity index (χ3v) is 3.90.